The molecule has 0 bridgehead atoms. The fraction of sp³-hybridized carbons (Fsp3) is 0.300. The number of isothiocyanates is 1. The van der Waals surface area contributed by atoms with Crippen molar-refractivity contribution in [2.24, 2.45) is 4.99 Å². The first kappa shape index (κ1) is 12.1. The van der Waals surface area contributed by atoms with Crippen LogP contribution >= 0.6 is 23.8 Å². The van der Waals surface area contributed by atoms with Crippen molar-refractivity contribution >= 4 is 34.7 Å². The van der Waals surface area contributed by atoms with Crippen molar-refractivity contribution in [3.05, 3.63) is 23.2 Å². The molecule has 1 rings (SSSR count). The second-order valence-corrected chi connectivity index (χ2v) is 3.25. The normalized spacial score (nSPS) is 9.47. The molecule has 0 fully saturated rings. The molecule has 5 heteroatoms. The molecule has 0 spiro atoms. The molecule has 3 nitrogen and oxygen atoms in total. The van der Waals surface area contributed by atoms with E-state index >= 15 is 0 Å². The van der Waals surface area contributed by atoms with Gasteiger partial charge >= 0.3 is 0 Å². The summed E-state index contributed by atoms with van der Waals surface area (Å²) < 4.78 is 10.2. The largest absolute Gasteiger partial charge is 0.490 e. The van der Waals surface area contributed by atoms with Gasteiger partial charge in [0.1, 0.15) is 12.4 Å². The summed E-state index contributed by atoms with van der Waals surface area (Å²) in [6.07, 6.45) is 0. The summed E-state index contributed by atoms with van der Waals surface area (Å²) >= 11 is 10.4. The van der Waals surface area contributed by atoms with Gasteiger partial charge in [0.15, 0.2) is 0 Å². The first-order valence-corrected chi connectivity index (χ1v) is 5.05. The van der Waals surface area contributed by atoms with Gasteiger partial charge in [0.05, 0.1) is 22.5 Å². The smallest absolute Gasteiger partial charge is 0.140 e. The molecular formula is C10H10ClNO2S. The minimum absolute atomic E-state index is 0.445. The van der Waals surface area contributed by atoms with Gasteiger partial charge in [-0.1, -0.05) is 11.6 Å². The molecule has 0 aliphatic heterocycles. The van der Waals surface area contributed by atoms with Gasteiger partial charge in [-0.2, -0.15) is 4.99 Å². The Morgan fingerprint density at radius 3 is 2.93 bits per heavy atom. The average molecular weight is 244 g/mol. The Morgan fingerprint density at radius 1 is 1.47 bits per heavy atom. The molecule has 80 valence electrons. The van der Waals surface area contributed by atoms with Crippen molar-refractivity contribution in [3.63, 3.8) is 0 Å². The number of aliphatic imine (C=N–C) groups is 1. The van der Waals surface area contributed by atoms with E-state index in [1.165, 1.54) is 0 Å². The number of ether oxygens (including phenoxy) is 2. The summed E-state index contributed by atoms with van der Waals surface area (Å²) in [5.41, 5.74) is 0.668. The lowest BCUT2D eigenvalue weighted by Gasteiger charge is -2.07. The zero-order valence-electron chi connectivity index (χ0n) is 8.20. The van der Waals surface area contributed by atoms with E-state index in [1.54, 1.807) is 25.3 Å². The van der Waals surface area contributed by atoms with Crippen molar-refractivity contribution in [2.45, 2.75) is 0 Å². The quantitative estimate of drug-likeness (QED) is 0.452. The Hall–Kier alpha value is -0.930. The summed E-state index contributed by atoms with van der Waals surface area (Å²) in [5, 5.41) is 2.82. The molecule has 0 N–H and O–H groups in total. The molecule has 0 radical (unpaired) electrons. The topological polar surface area (TPSA) is 30.8 Å². The minimum Gasteiger partial charge on any atom is -0.490 e. The minimum atomic E-state index is 0.445. The fourth-order valence-electron chi connectivity index (χ4n) is 0.960. The van der Waals surface area contributed by atoms with Crippen LogP contribution in [0.2, 0.25) is 5.02 Å². The molecule has 0 unspecified atom stereocenters. The number of nitrogens with zero attached hydrogens (tertiary/aromatic N) is 1. The van der Waals surface area contributed by atoms with E-state index in [2.05, 4.69) is 22.4 Å². The van der Waals surface area contributed by atoms with E-state index in [4.69, 9.17) is 21.1 Å². The van der Waals surface area contributed by atoms with E-state index < -0.39 is 0 Å². The number of halogens is 1. The Bertz CT molecular complexity index is 378. The van der Waals surface area contributed by atoms with Gasteiger partial charge in [0.25, 0.3) is 0 Å². The number of hydrogen-bond donors (Lipinski definition) is 0. The first-order chi connectivity index (χ1) is 7.27. The van der Waals surface area contributed by atoms with Crippen molar-refractivity contribution in [2.75, 3.05) is 20.3 Å². The highest BCUT2D eigenvalue weighted by Gasteiger charge is 2.02. The van der Waals surface area contributed by atoms with E-state index in [0.717, 1.165) is 0 Å². The van der Waals surface area contributed by atoms with E-state index in [-0.39, 0.29) is 0 Å². The van der Waals surface area contributed by atoms with Gasteiger partial charge in [0.2, 0.25) is 0 Å². The number of hydrogen-bond acceptors (Lipinski definition) is 4. The summed E-state index contributed by atoms with van der Waals surface area (Å²) in [4.78, 5) is 3.83. The van der Waals surface area contributed by atoms with Crippen molar-refractivity contribution in [1.82, 2.24) is 0 Å². The predicted octanol–water partition coefficient (Wildman–Crippen LogP) is 3.10. The van der Waals surface area contributed by atoms with Crippen LogP contribution in [0.5, 0.6) is 5.75 Å². The molecule has 0 amide bonds. The third-order valence-corrected chi connectivity index (χ3v) is 2.04. The monoisotopic (exact) mass is 243 g/mol. The molecule has 0 atom stereocenters. The zero-order valence-corrected chi connectivity index (χ0v) is 9.77. The SMILES string of the molecule is COCCOc1cc(N=C=S)ccc1Cl. The average Bonchev–Trinajstić information content (AvgIpc) is 2.23. The molecule has 0 aliphatic carbocycles. The summed E-state index contributed by atoms with van der Waals surface area (Å²) in [7, 11) is 1.61. The maximum Gasteiger partial charge on any atom is 0.140 e. The van der Waals surface area contributed by atoms with Crippen LogP contribution in [0.1, 0.15) is 0 Å². The van der Waals surface area contributed by atoms with Crippen LogP contribution in [0, 0.1) is 0 Å². The Labute approximate surface area is 98.7 Å². The van der Waals surface area contributed by atoms with Gasteiger partial charge < -0.3 is 9.47 Å². The van der Waals surface area contributed by atoms with Gasteiger partial charge in [-0.15, -0.1) is 0 Å². The number of rotatable bonds is 5. The predicted molar refractivity (Wildman–Crippen MR) is 63.5 cm³/mol. The van der Waals surface area contributed by atoms with Crippen molar-refractivity contribution < 1.29 is 9.47 Å². The third-order valence-electron chi connectivity index (χ3n) is 1.63. The lowest BCUT2D eigenvalue weighted by molar-refractivity contribution is 0.146. The molecule has 0 heterocycles. The van der Waals surface area contributed by atoms with E-state index in [9.17, 15) is 0 Å². The molecule has 0 aliphatic rings. The standard InChI is InChI=1S/C10H10ClNO2S/c1-13-4-5-14-10-6-8(12-7-15)2-3-9(10)11/h2-3,6H,4-5H2,1H3. The maximum absolute atomic E-state index is 5.92. The Balaban J connectivity index is 2.76. The molecule has 0 saturated heterocycles. The second kappa shape index (κ2) is 6.53. The molecular weight excluding hydrogens is 234 g/mol. The summed E-state index contributed by atoms with van der Waals surface area (Å²) in [6.45, 7) is 0.956. The van der Waals surface area contributed by atoms with Gasteiger partial charge in [-0.05, 0) is 24.4 Å². The lowest BCUT2D eigenvalue weighted by atomic mass is 10.3. The van der Waals surface area contributed by atoms with Crippen molar-refractivity contribution in [3.8, 4) is 5.75 Å². The highest BCUT2D eigenvalue weighted by Crippen LogP contribution is 2.28. The molecule has 0 aromatic heterocycles. The number of thiocarbonyl (C=S) groups is 1. The van der Waals surface area contributed by atoms with Crippen LogP contribution in [0.25, 0.3) is 0 Å². The first-order valence-electron chi connectivity index (χ1n) is 4.27. The molecule has 0 saturated carbocycles. The van der Waals surface area contributed by atoms with Crippen LogP contribution in [-0.4, -0.2) is 25.5 Å². The van der Waals surface area contributed by atoms with Gasteiger partial charge in [-0.25, -0.2) is 0 Å². The Kier molecular flexibility index (Phi) is 5.29. The second-order valence-electron chi connectivity index (χ2n) is 2.66. The van der Waals surface area contributed by atoms with Crippen LogP contribution in [-0.2, 0) is 4.74 Å². The highest BCUT2D eigenvalue weighted by molar-refractivity contribution is 7.78. The van der Waals surface area contributed by atoms with Crippen LogP contribution in [0.15, 0.2) is 23.2 Å². The van der Waals surface area contributed by atoms with E-state index in [0.29, 0.717) is 29.7 Å². The summed E-state index contributed by atoms with van der Waals surface area (Å²) in [6, 6.07) is 5.15. The molecule has 1 aromatic carbocycles. The zero-order chi connectivity index (χ0) is 11.1. The van der Waals surface area contributed by atoms with Crippen LogP contribution in [0.3, 0.4) is 0 Å². The summed E-state index contributed by atoms with van der Waals surface area (Å²) in [5.74, 6) is 0.570. The molecule has 1 aromatic rings. The van der Waals surface area contributed by atoms with Gasteiger partial charge in [-0.3, -0.25) is 0 Å². The van der Waals surface area contributed by atoms with Crippen LogP contribution < -0.4 is 4.74 Å². The third kappa shape index (κ3) is 3.98. The fourth-order valence-corrected chi connectivity index (χ4v) is 1.24. The van der Waals surface area contributed by atoms with E-state index in [1.807, 2.05) is 0 Å². The number of benzene rings is 1. The highest BCUT2D eigenvalue weighted by atomic mass is 35.5. The lowest BCUT2D eigenvalue weighted by Crippen LogP contribution is -2.04. The maximum atomic E-state index is 5.92. The Morgan fingerprint density at radius 2 is 2.27 bits per heavy atom. The van der Waals surface area contributed by atoms with Crippen molar-refractivity contribution in [1.29, 1.82) is 0 Å². The van der Waals surface area contributed by atoms with Gasteiger partial charge in [0, 0.05) is 13.2 Å². The van der Waals surface area contributed by atoms with Crippen LogP contribution in [0.4, 0.5) is 5.69 Å². The molecule has 15 heavy (non-hydrogen) atoms. The number of methoxy groups -OCH3 is 1.